The van der Waals surface area contributed by atoms with Crippen molar-refractivity contribution in [3.63, 3.8) is 0 Å². The lowest BCUT2D eigenvalue weighted by Gasteiger charge is -2.69. The third-order valence-corrected chi connectivity index (χ3v) is 14.1. The van der Waals surface area contributed by atoms with Crippen LogP contribution in [0.25, 0.3) is 0 Å². The first-order valence-electron chi connectivity index (χ1n) is 15.1. The fourth-order valence-electron chi connectivity index (χ4n) is 10.8. The van der Waals surface area contributed by atoms with Crippen LogP contribution in [0.3, 0.4) is 0 Å². The van der Waals surface area contributed by atoms with Crippen LogP contribution in [0.4, 0.5) is 0 Å². The fourth-order valence-corrected chi connectivity index (χ4v) is 11.2. The van der Waals surface area contributed by atoms with Gasteiger partial charge in [-0.1, -0.05) is 54.0 Å². The Balaban J connectivity index is 1.68. The molecular formula is C34H50O4S. The normalized spacial score (nSPS) is 45.7. The van der Waals surface area contributed by atoms with Crippen LogP contribution in [-0.4, -0.2) is 30.9 Å². The Bertz CT molecular complexity index is 1190. The van der Waals surface area contributed by atoms with Gasteiger partial charge in [0, 0.05) is 16.9 Å². The second kappa shape index (κ2) is 8.82. The van der Waals surface area contributed by atoms with E-state index in [4.69, 9.17) is 4.74 Å². The summed E-state index contributed by atoms with van der Waals surface area (Å²) in [4.78, 5) is 42.9. The number of Topliss-reactive ketones (excluding diaryl/α,β-unsaturated/α-hetero) is 1. The molecule has 0 bridgehead atoms. The number of ketones is 2. The molecule has 0 heterocycles. The van der Waals surface area contributed by atoms with E-state index in [9.17, 15) is 14.4 Å². The molecule has 0 unspecified atom stereocenters. The molecule has 0 aromatic carbocycles. The number of fused-ring (bicyclic) bond motifs is 7. The average molecular weight is 555 g/mol. The summed E-state index contributed by atoms with van der Waals surface area (Å²) in [5.74, 6) is 0.415. The summed E-state index contributed by atoms with van der Waals surface area (Å²) >= 11 is 1.67. The lowest BCUT2D eigenvalue weighted by atomic mass is 9.33. The molecule has 0 N–H and O–H groups in total. The van der Waals surface area contributed by atoms with E-state index in [2.05, 4.69) is 61.6 Å². The zero-order chi connectivity index (χ0) is 29.0. The number of esters is 1. The number of carbonyl (C=O) groups is 3. The molecule has 0 aromatic heterocycles. The maximum Gasteiger partial charge on any atom is 0.312 e. The van der Waals surface area contributed by atoms with Gasteiger partial charge in [0.25, 0.3) is 0 Å². The first-order valence-corrected chi connectivity index (χ1v) is 16.3. The minimum absolute atomic E-state index is 0.00123. The molecule has 5 aliphatic rings. The molecule has 0 aromatic rings. The Morgan fingerprint density at radius 1 is 0.974 bits per heavy atom. The summed E-state index contributed by atoms with van der Waals surface area (Å²) < 4.78 is 5.46. The third kappa shape index (κ3) is 3.66. The predicted octanol–water partition coefficient (Wildman–Crippen LogP) is 7.96. The van der Waals surface area contributed by atoms with Crippen LogP contribution in [0, 0.1) is 50.2 Å². The minimum atomic E-state index is -0.558. The number of hydrogen-bond acceptors (Lipinski definition) is 5. The number of hydrogen-bond donors (Lipinski definition) is 0. The SMILES string of the molecule is COC(=O)[C@]12CCC(C)(C)C[C@H]1[C@H]1C(=O)C=C3[C@@]4(C)C/C(=C(/C)SC)C(=O)C(C)(C)[C@@H]4CC[C@@]3(C)[C@]1(C)CC2. The number of carbonyl (C=O) groups excluding carboxylic acids is 3. The van der Waals surface area contributed by atoms with Crippen molar-refractivity contribution in [2.45, 2.75) is 107 Å². The number of rotatable bonds is 2. The van der Waals surface area contributed by atoms with Crippen LogP contribution < -0.4 is 0 Å². The summed E-state index contributed by atoms with van der Waals surface area (Å²) in [6.45, 7) is 18.1. The molecule has 0 amide bonds. The van der Waals surface area contributed by atoms with E-state index >= 15 is 0 Å². The van der Waals surface area contributed by atoms with Gasteiger partial charge >= 0.3 is 5.97 Å². The van der Waals surface area contributed by atoms with Gasteiger partial charge in [0.15, 0.2) is 11.6 Å². The van der Waals surface area contributed by atoms with Crippen LogP contribution in [0.15, 0.2) is 22.1 Å². The third-order valence-electron chi connectivity index (χ3n) is 13.3. The Labute approximate surface area is 240 Å². The van der Waals surface area contributed by atoms with Crippen molar-refractivity contribution in [2.24, 2.45) is 50.2 Å². The van der Waals surface area contributed by atoms with Gasteiger partial charge in [0.1, 0.15) is 0 Å². The van der Waals surface area contributed by atoms with E-state index in [1.807, 2.05) is 6.08 Å². The maximum absolute atomic E-state index is 14.6. The quantitative estimate of drug-likeness (QED) is 0.256. The maximum atomic E-state index is 14.6. The molecule has 4 nitrogen and oxygen atoms in total. The molecule has 0 radical (unpaired) electrons. The summed E-state index contributed by atoms with van der Waals surface area (Å²) in [7, 11) is 1.51. The van der Waals surface area contributed by atoms with Gasteiger partial charge in [0.2, 0.25) is 0 Å². The smallest absolute Gasteiger partial charge is 0.312 e. The largest absolute Gasteiger partial charge is 0.469 e. The van der Waals surface area contributed by atoms with E-state index in [1.165, 1.54) is 12.7 Å². The van der Waals surface area contributed by atoms with E-state index in [0.29, 0.717) is 6.42 Å². The Hall–Kier alpha value is -1.36. The van der Waals surface area contributed by atoms with Gasteiger partial charge in [-0.2, -0.15) is 0 Å². The molecule has 5 aliphatic carbocycles. The van der Waals surface area contributed by atoms with Crippen LogP contribution in [0.5, 0.6) is 0 Å². The topological polar surface area (TPSA) is 60.4 Å². The lowest BCUT2D eigenvalue weighted by molar-refractivity contribution is -0.192. The summed E-state index contributed by atoms with van der Waals surface area (Å²) in [6, 6.07) is 0. The van der Waals surface area contributed by atoms with E-state index < -0.39 is 10.8 Å². The van der Waals surface area contributed by atoms with Gasteiger partial charge in [0.05, 0.1) is 12.5 Å². The highest BCUT2D eigenvalue weighted by molar-refractivity contribution is 8.02. The van der Waals surface area contributed by atoms with Gasteiger partial charge in [-0.3, -0.25) is 14.4 Å². The van der Waals surface area contributed by atoms with Crippen LogP contribution in [-0.2, 0) is 19.1 Å². The van der Waals surface area contributed by atoms with E-state index in [1.54, 1.807) is 11.8 Å². The van der Waals surface area contributed by atoms with Crippen molar-refractivity contribution < 1.29 is 19.1 Å². The van der Waals surface area contributed by atoms with Crippen LogP contribution in [0.2, 0.25) is 0 Å². The van der Waals surface area contributed by atoms with Gasteiger partial charge < -0.3 is 4.74 Å². The summed E-state index contributed by atoms with van der Waals surface area (Å²) in [5.41, 5.74) is 0.666. The first-order chi connectivity index (χ1) is 17.9. The molecule has 4 saturated carbocycles. The summed E-state index contributed by atoms with van der Waals surface area (Å²) in [6.07, 6.45) is 11.1. The zero-order valence-corrected chi connectivity index (χ0v) is 26.8. The number of allylic oxidation sites excluding steroid dienone is 4. The molecule has 0 saturated heterocycles. The van der Waals surface area contributed by atoms with Crippen molar-refractivity contribution in [3.8, 4) is 0 Å². The Morgan fingerprint density at radius 3 is 2.23 bits per heavy atom. The van der Waals surface area contributed by atoms with E-state index in [-0.39, 0.29) is 56.9 Å². The second-order valence-corrected chi connectivity index (χ2v) is 16.8. The molecule has 7 atom stereocenters. The standard InChI is InChI=1S/C34H50O4S/c1-20(39-10)21-18-31(6)24(30(4,5)27(21)36)11-12-32(7)25(31)17-23(35)26-22-19-29(2,3)13-15-34(22,28(37)38-9)16-14-33(26,32)8/h17,22,24,26H,11-16,18-19H2,1-10H3/b21-20+/t22-,24-,26-,31-,32+,33+,34-/m0/s1. The molecule has 216 valence electrons. The van der Waals surface area contributed by atoms with Gasteiger partial charge in [-0.05, 0) is 109 Å². The number of thioether (sulfide) groups is 1. The predicted molar refractivity (Wildman–Crippen MR) is 158 cm³/mol. The first kappa shape index (κ1) is 29.1. The van der Waals surface area contributed by atoms with Crippen molar-refractivity contribution in [3.05, 3.63) is 22.1 Å². The average Bonchev–Trinajstić information content (AvgIpc) is 2.86. The molecule has 0 spiro atoms. The van der Waals surface area contributed by atoms with Crippen LogP contribution >= 0.6 is 11.8 Å². The molecule has 5 rings (SSSR count). The van der Waals surface area contributed by atoms with Crippen molar-refractivity contribution in [1.82, 2.24) is 0 Å². The van der Waals surface area contributed by atoms with Crippen molar-refractivity contribution >= 4 is 29.3 Å². The van der Waals surface area contributed by atoms with Crippen molar-refractivity contribution in [1.29, 1.82) is 0 Å². The minimum Gasteiger partial charge on any atom is -0.469 e. The highest BCUT2D eigenvalue weighted by Crippen LogP contribution is 2.75. The Morgan fingerprint density at radius 2 is 1.62 bits per heavy atom. The van der Waals surface area contributed by atoms with Crippen molar-refractivity contribution in [2.75, 3.05) is 13.4 Å². The molecular weight excluding hydrogens is 504 g/mol. The molecule has 39 heavy (non-hydrogen) atoms. The lowest BCUT2D eigenvalue weighted by Crippen LogP contribution is -2.66. The zero-order valence-electron chi connectivity index (χ0n) is 26.0. The van der Waals surface area contributed by atoms with Gasteiger partial charge in [-0.25, -0.2) is 0 Å². The Kier molecular flexibility index (Phi) is 6.59. The fraction of sp³-hybridized carbons (Fsp3) is 0.794. The monoisotopic (exact) mass is 554 g/mol. The molecule has 4 fully saturated rings. The number of ether oxygens (including phenoxy) is 1. The highest BCUT2D eigenvalue weighted by Gasteiger charge is 2.71. The second-order valence-electron chi connectivity index (χ2n) is 15.8. The van der Waals surface area contributed by atoms with E-state index in [0.717, 1.165) is 55.4 Å². The molecule has 5 heteroatoms. The van der Waals surface area contributed by atoms with Gasteiger partial charge in [-0.15, -0.1) is 11.8 Å². The highest BCUT2D eigenvalue weighted by atomic mass is 32.2. The number of methoxy groups -OCH3 is 1. The molecule has 0 aliphatic heterocycles. The van der Waals surface area contributed by atoms with Crippen LogP contribution in [0.1, 0.15) is 107 Å². The summed E-state index contributed by atoms with van der Waals surface area (Å²) in [5, 5.41) is 0.